The van der Waals surface area contributed by atoms with E-state index in [0.717, 1.165) is 10.9 Å². The Morgan fingerprint density at radius 1 is 1.11 bits per heavy atom. The van der Waals surface area contributed by atoms with Crippen molar-refractivity contribution in [1.29, 1.82) is 0 Å². The van der Waals surface area contributed by atoms with Crippen LogP contribution in [0.25, 0.3) is 28.1 Å². The number of nitrogens with two attached hydrogens (primary N) is 1. The molecule has 38 heavy (non-hydrogen) atoms. The third-order valence-electron chi connectivity index (χ3n) is 5.98. The molecular formula is C26H25BN6O5. The fraction of sp³-hybridized carbons (Fsp3) is 0.154. The van der Waals surface area contributed by atoms with Crippen molar-refractivity contribution in [1.82, 2.24) is 19.4 Å². The average molecular weight is 512 g/mol. The third kappa shape index (κ3) is 5.00. The van der Waals surface area contributed by atoms with Crippen LogP contribution in [0.1, 0.15) is 15.9 Å². The van der Waals surface area contributed by atoms with E-state index < -0.39 is 13.0 Å². The number of hydrogen-bond donors (Lipinski definition) is 4. The molecular weight excluding hydrogens is 487 g/mol. The van der Waals surface area contributed by atoms with Crippen molar-refractivity contribution >= 4 is 40.7 Å². The van der Waals surface area contributed by atoms with E-state index in [0.29, 0.717) is 65.0 Å². The maximum atomic E-state index is 11.9. The first kappa shape index (κ1) is 25.1. The second-order valence-electron chi connectivity index (χ2n) is 8.48. The highest BCUT2D eigenvalue weighted by atomic mass is 16.5. The lowest BCUT2D eigenvalue weighted by molar-refractivity contribution is 0.100. The number of amides is 1. The number of ether oxygens (including phenoxy) is 2. The highest BCUT2D eigenvalue weighted by Gasteiger charge is 2.19. The molecule has 11 nitrogen and oxygen atoms in total. The predicted octanol–water partition coefficient (Wildman–Crippen LogP) is 1.36. The number of benzene rings is 2. The minimum Gasteiger partial charge on any atom is -0.489 e. The van der Waals surface area contributed by atoms with Crippen LogP contribution in [0.2, 0.25) is 0 Å². The molecule has 192 valence electrons. The molecule has 0 atom stereocenters. The molecule has 12 heteroatoms. The van der Waals surface area contributed by atoms with Gasteiger partial charge in [0.2, 0.25) is 0 Å². The number of imidazole rings is 1. The van der Waals surface area contributed by atoms with Crippen molar-refractivity contribution < 1.29 is 24.3 Å². The van der Waals surface area contributed by atoms with E-state index in [2.05, 4.69) is 10.3 Å². The van der Waals surface area contributed by atoms with Crippen molar-refractivity contribution in [2.45, 2.75) is 6.54 Å². The van der Waals surface area contributed by atoms with Gasteiger partial charge in [-0.05, 0) is 35.3 Å². The second-order valence-corrected chi connectivity index (χ2v) is 8.48. The SMILES string of the molecule is COCCOc1cccc2c(NCc3cccc(B(O)O)c3)nc(-c3ncc4c(C(N)=O)cccn34)nc12. The van der Waals surface area contributed by atoms with Crippen LogP contribution in [0, 0.1) is 0 Å². The van der Waals surface area contributed by atoms with E-state index in [-0.39, 0.29) is 0 Å². The molecule has 0 saturated carbocycles. The number of para-hydroxylation sites is 1. The van der Waals surface area contributed by atoms with Crippen LogP contribution >= 0.6 is 0 Å². The highest BCUT2D eigenvalue weighted by molar-refractivity contribution is 6.58. The first-order valence-corrected chi connectivity index (χ1v) is 11.8. The van der Waals surface area contributed by atoms with Gasteiger partial charge in [-0.2, -0.15) is 0 Å². The van der Waals surface area contributed by atoms with Gasteiger partial charge in [-0.1, -0.05) is 30.3 Å². The largest absolute Gasteiger partial charge is 0.489 e. The number of anilines is 1. The number of hydrogen-bond acceptors (Lipinski definition) is 9. The molecule has 5 aromatic rings. The molecule has 3 heterocycles. The molecule has 0 bridgehead atoms. The topological polar surface area (TPSA) is 157 Å². The lowest BCUT2D eigenvalue weighted by Gasteiger charge is -2.14. The smallest absolute Gasteiger partial charge is 0.488 e. The maximum Gasteiger partial charge on any atom is 0.488 e. The van der Waals surface area contributed by atoms with E-state index in [9.17, 15) is 14.8 Å². The minimum atomic E-state index is -1.56. The van der Waals surface area contributed by atoms with Gasteiger partial charge in [0.15, 0.2) is 11.6 Å². The van der Waals surface area contributed by atoms with Crippen LogP contribution in [0.3, 0.4) is 0 Å². The molecule has 0 aliphatic heterocycles. The normalized spacial score (nSPS) is 11.1. The number of pyridine rings is 1. The number of rotatable bonds is 10. The van der Waals surface area contributed by atoms with Crippen molar-refractivity contribution in [2.24, 2.45) is 5.73 Å². The van der Waals surface area contributed by atoms with Gasteiger partial charge in [0.25, 0.3) is 5.91 Å². The summed E-state index contributed by atoms with van der Waals surface area (Å²) in [5, 5.41) is 23.1. The Bertz CT molecular complexity index is 1620. The van der Waals surface area contributed by atoms with E-state index in [1.54, 1.807) is 54.2 Å². The molecule has 5 rings (SSSR count). The zero-order valence-electron chi connectivity index (χ0n) is 20.5. The summed E-state index contributed by atoms with van der Waals surface area (Å²) in [6, 6.07) is 15.9. The predicted molar refractivity (Wildman–Crippen MR) is 143 cm³/mol. The summed E-state index contributed by atoms with van der Waals surface area (Å²) < 4.78 is 12.8. The number of nitrogens with one attached hydrogen (secondary N) is 1. The summed E-state index contributed by atoms with van der Waals surface area (Å²) in [6.45, 7) is 1.10. The third-order valence-corrected chi connectivity index (χ3v) is 5.98. The summed E-state index contributed by atoms with van der Waals surface area (Å²) in [5.74, 6) is 1.25. The molecule has 5 N–H and O–H groups in total. The zero-order chi connectivity index (χ0) is 26.6. The average Bonchev–Trinajstić information content (AvgIpc) is 3.36. The molecule has 0 saturated heterocycles. The number of nitrogens with zero attached hydrogens (tertiary/aromatic N) is 4. The molecule has 0 unspecified atom stereocenters. The number of methoxy groups -OCH3 is 1. The Morgan fingerprint density at radius 3 is 2.74 bits per heavy atom. The number of primary amides is 1. The number of carbonyl (C=O) groups excluding carboxylic acids is 1. The van der Waals surface area contributed by atoms with Crippen LogP contribution in [-0.2, 0) is 11.3 Å². The van der Waals surface area contributed by atoms with E-state index in [1.807, 2.05) is 24.3 Å². The summed E-state index contributed by atoms with van der Waals surface area (Å²) in [5.41, 5.74) is 8.21. The molecule has 0 aliphatic carbocycles. The van der Waals surface area contributed by atoms with Crippen molar-refractivity contribution in [3.8, 4) is 17.4 Å². The van der Waals surface area contributed by atoms with Crippen molar-refractivity contribution in [3.05, 3.63) is 78.1 Å². The van der Waals surface area contributed by atoms with Gasteiger partial charge in [0.05, 0.1) is 23.9 Å². The molecule has 0 radical (unpaired) electrons. The fourth-order valence-electron chi connectivity index (χ4n) is 4.16. The monoisotopic (exact) mass is 512 g/mol. The van der Waals surface area contributed by atoms with Crippen LogP contribution in [0.5, 0.6) is 5.75 Å². The number of carbonyl (C=O) groups is 1. The van der Waals surface area contributed by atoms with Gasteiger partial charge < -0.3 is 30.6 Å². The molecule has 0 aliphatic rings. The Balaban J connectivity index is 1.61. The second kappa shape index (κ2) is 10.8. The van der Waals surface area contributed by atoms with Crippen LogP contribution in [0.15, 0.2) is 67.0 Å². The van der Waals surface area contributed by atoms with Crippen molar-refractivity contribution in [2.75, 3.05) is 25.6 Å². The summed E-state index contributed by atoms with van der Waals surface area (Å²) in [4.78, 5) is 26.0. The Labute approximate surface area is 218 Å². The minimum absolute atomic E-state index is 0.309. The number of fused-ring (bicyclic) bond motifs is 2. The molecule has 0 fully saturated rings. The zero-order valence-corrected chi connectivity index (χ0v) is 20.5. The molecule has 1 amide bonds. The first-order chi connectivity index (χ1) is 18.5. The van der Waals surface area contributed by atoms with E-state index in [4.69, 9.17) is 25.2 Å². The number of aromatic nitrogens is 4. The van der Waals surface area contributed by atoms with Crippen molar-refractivity contribution in [3.63, 3.8) is 0 Å². The Hall–Kier alpha value is -4.52. The van der Waals surface area contributed by atoms with Gasteiger partial charge >= 0.3 is 7.12 Å². The Morgan fingerprint density at radius 2 is 1.95 bits per heavy atom. The lowest BCUT2D eigenvalue weighted by Crippen LogP contribution is -2.30. The summed E-state index contributed by atoms with van der Waals surface area (Å²) in [7, 11) is 0.0378. The fourth-order valence-corrected chi connectivity index (χ4v) is 4.16. The van der Waals surface area contributed by atoms with Gasteiger partial charge in [0.1, 0.15) is 23.7 Å². The molecule has 2 aromatic carbocycles. The first-order valence-electron chi connectivity index (χ1n) is 11.8. The van der Waals surface area contributed by atoms with Gasteiger partial charge in [-0.3, -0.25) is 9.20 Å². The molecule has 3 aromatic heterocycles. The van der Waals surface area contributed by atoms with Crippen LogP contribution < -0.4 is 21.3 Å². The van der Waals surface area contributed by atoms with E-state index in [1.165, 1.54) is 0 Å². The van der Waals surface area contributed by atoms with Crippen LogP contribution in [0.4, 0.5) is 5.82 Å². The lowest BCUT2D eigenvalue weighted by atomic mass is 9.80. The Kier molecular flexibility index (Phi) is 7.18. The molecule has 0 spiro atoms. The van der Waals surface area contributed by atoms with Gasteiger partial charge in [-0.15, -0.1) is 0 Å². The summed E-state index contributed by atoms with van der Waals surface area (Å²) >= 11 is 0. The van der Waals surface area contributed by atoms with Gasteiger partial charge in [-0.25, -0.2) is 15.0 Å². The standard InChI is InChI=1S/C26H25BN6O5/c1-37-11-12-38-21-9-3-7-19-22(21)31-25(26-30-15-20-18(23(28)34)8-4-10-33(20)26)32-24(19)29-14-16-5-2-6-17(13-16)27(35)36/h2-10,13,15,35-36H,11-12,14H2,1H3,(H2,28,34)(H,29,31,32). The van der Waals surface area contributed by atoms with Gasteiger partial charge in [0, 0.05) is 25.2 Å². The summed E-state index contributed by atoms with van der Waals surface area (Å²) in [6.07, 6.45) is 3.32. The van der Waals surface area contributed by atoms with E-state index >= 15 is 0 Å². The highest BCUT2D eigenvalue weighted by Crippen LogP contribution is 2.31. The maximum absolute atomic E-state index is 11.9. The quantitative estimate of drug-likeness (QED) is 0.160. The van der Waals surface area contributed by atoms with Crippen LogP contribution in [-0.4, -0.2) is 62.7 Å².